The van der Waals surface area contributed by atoms with E-state index in [4.69, 9.17) is 5.11 Å². The molecule has 3 aromatic rings. The molecule has 0 aliphatic heterocycles. The fourth-order valence-electron chi connectivity index (χ4n) is 2.91. The summed E-state index contributed by atoms with van der Waals surface area (Å²) < 4.78 is 15.1. The Morgan fingerprint density at radius 1 is 1.18 bits per heavy atom. The van der Waals surface area contributed by atoms with Crippen LogP contribution in [0.4, 0.5) is 4.39 Å². The van der Waals surface area contributed by atoms with Crippen molar-refractivity contribution < 1.29 is 14.3 Å². The second-order valence-corrected chi connectivity index (χ2v) is 6.92. The number of rotatable bonds is 8. The third kappa shape index (κ3) is 5.01. The molecule has 7 heteroatoms. The summed E-state index contributed by atoms with van der Waals surface area (Å²) >= 11 is 0. The predicted octanol–water partition coefficient (Wildman–Crippen LogP) is 3.69. The molecule has 1 aromatic carbocycles. The molecule has 0 bridgehead atoms. The number of benzene rings is 1. The van der Waals surface area contributed by atoms with E-state index in [-0.39, 0.29) is 11.4 Å². The maximum absolute atomic E-state index is 13.1. The number of imidazole rings is 1. The summed E-state index contributed by atoms with van der Waals surface area (Å²) in [6.07, 6.45) is 5.06. The molecule has 0 radical (unpaired) electrons. The second kappa shape index (κ2) is 8.75. The van der Waals surface area contributed by atoms with Crippen LogP contribution >= 0.6 is 0 Å². The van der Waals surface area contributed by atoms with Crippen LogP contribution < -0.4 is 0 Å². The summed E-state index contributed by atoms with van der Waals surface area (Å²) in [4.78, 5) is 22.0. The highest BCUT2D eigenvalue weighted by atomic mass is 19.1. The van der Waals surface area contributed by atoms with Crippen LogP contribution in [0.2, 0.25) is 0 Å². The van der Waals surface area contributed by atoms with E-state index in [1.54, 1.807) is 18.5 Å². The van der Waals surface area contributed by atoms with Crippen LogP contribution in [0.25, 0.3) is 11.4 Å². The van der Waals surface area contributed by atoms with Crippen molar-refractivity contribution in [3.8, 4) is 11.4 Å². The zero-order valence-corrected chi connectivity index (χ0v) is 15.9. The Hall–Kier alpha value is -3.06. The van der Waals surface area contributed by atoms with E-state index in [0.717, 1.165) is 25.2 Å². The minimum atomic E-state index is -0.989. The quantitative estimate of drug-likeness (QED) is 0.643. The van der Waals surface area contributed by atoms with Gasteiger partial charge >= 0.3 is 5.97 Å². The first-order valence-corrected chi connectivity index (χ1v) is 9.12. The van der Waals surface area contributed by atoms with Gasteiger partial charge in [0.25, 0.3) is 0 Å². The zero-order chi connectivity index (χ0) is 20.1. The molecule has 0 saturated heterocycles. The molecule has 0 spiro atoms. The number of carbonyl (C=O) groups is 1. The van der Waals surface area contributed by atoms with Gasteiger partial charge in [0.15, 0.2) is 0 Å². The molecule has 0 fully saturated rings. The molecule has 2 heterocycles. The molecule has 0 unspecified atom stereocenters. The monoisotopic (exact) mass is 382 g/mol. The highest BCUT2D eigenvalue weighted by Gasteiger charge is 2.12. The number of carboxylic acids is 1. The van der Waals surface area contributed by atoms with Gasteiger partial charge in [-0.3, -0.25) is 9.88 Å². The van der Waals surface area contributed by atoms with Crippen molar-refractivity contribution in [2.45, 2.75) is 33.0 Å². The van der Waals surface area contributed by atoms with Crippen molar-refractivity contribution in [2.75, 3.05) is 6.54 Å². The number of halogens is 1. The van der Waals surface area contributed by atoms with E-state index in [1.807, 2.05) is 10.8 Å². The largest absolute Gasteiger partial charge is 0.478 e. The molecule has 3 rings (SSSR count). The molecule has 0 saturated carbocycles. The first-order chi connectivity index (χ1) is 13.4. The summed E-state index contributed by atoms with van der Waals surface area (Å²) in [5, 5.41) is 9.12. The Morgan fingerprint density at radius 3 is 2.61 bits per heavy atom. The second-order valence-electron chi connectivity index (χ2n) is 6.92. The van der Waals surface area contributed by atoms with Crippen LogP contribution in [0.1, 0.15) is 29.8 Å². The van der Waals surface area contributed by atoms with Gasteiger partial charge in [-0.1, -0.05) is 12.1 Å². The summed E-state index contributed by atoms with van der Waals surface area (Å²) in [6.45, 7) is 6.52. The van der Waals surface area contributed by atoms with E-state index in [0.29, 0.717) is 17.4 Å². The van der Waals surface area contributed by atoms with E-state index >= 15 is 0 Å². The Labute approximate surface area is 163 Å². The maximum Gasteiger partial charge on any atom is 0.335 e. The third-order valence-corrected chi connectivity index (χ3v) is 4.58. The number of hydrogen-bond acceptors (Lipinski definition) is 4. The van der Waals surface area contributed by atoms with Gasteiger partial charge in [0, 0.05) is 38.1 Å². The fraction of sp³-hybridized carbons (Fsp3) is 0.286. The highest BCUT2D eigenvalue weighted by Crippen LogP contribution is 2.16. The van der Waals surface area contributed by atoms with Gasteiger partial charge in [-0.05, 0) is 43.7 Å². The normalized spacial score (nSPS) is 11.3. The van der Waals surface area contributed by atoms with Crippen molar-refractivity contribution in [3.63, 3.8) is 0 Å². The summed E-state index contributed by atoms with van der Waals surface area (Å²) in [6, 6.07) is 9.88. The molecule has 2 aromatic heterocycles. The summed E-state index contributed by atoms with van der Waals surface area (Å²) in [5.74, 6) is -1.22. The van der Waals surface area contributed by atoms with Gasteiger partial charge in [-0.2, -0.15) is 0 Å². The lowest BCUT2D eigenvalue weighted by Crippen LogP contribution is -2.33. The average Bonchev–Trinajstić information content (AvgIpc) is 3.15. The van der Waals surface area contributed by atoms with Crippen LogP contribution in [0, 0.1) is 5.82 Å². The van der Waals surface area contributed by atoms with Gasteiger partial charge in [-0.15, -0.1) is 0 Å². The van der Waals surface area contributed by atoms with Crippen molar-refractivity contribution in [1.82, 2.24) is 19.4 Å². The minimum absolute atomic E-state index is 0.185. The Kier molecular flexibility index (Phi) is 6.16. The Balaban J connectivity index is 1.65. The van der Waals surface area contributed by atoms with Crippen LogP contribution in [-0.2, 0) is 13.1 Å². The van der Waals surface area contributed by atoms with Crippen LogP contribution in [0.15, 0.2) is 55.1 Å². The smallest absolute Gasteiger partial charge is 0.335 e. The number of aromatic carboxylic acids is 1. The van der Waals surface area contributed by atoms with Gasteiger partial charge < -0.3 is 9.67 Å². The molecule has 6 nitrogen and oxygen atoms in total. The lowest BCUT2D eigenvalue weighted by Gasteiger charge is -2.26. The van der Waals surface area contributed by atoms with Crippen molar-refractivity contribution in [2.24, 2.45) is 0 Å². The Bertz CT molecular complexity index is 938. The highest BCUT2D eigenvalue weighted by molar-refractivity contribution is 5.88. The maximum atomic E-state index is 13.1. The molecule has 28 heavy (non-hydrogen) atoms. The molecule has 0 atom stereocenters. The van der Waals surface area contributed by atoms with Crippen LogP contribution in [0.5, 0.6) is 0 Å². The van der Waals surface area contributed by atoms with E-state index in [1.165, 1.54) is 30.5 Å². The Morgan fingerprint density at radius 2 is 1.93 bits per heavy atom. The van der Waals surface area contributed by atoms with Crippen LogP contribution in [0.3, 0.4) is 0 Å². The van der Waals surface area contributed by atoms with E-state index in [9.17, 15) is 9.18 Å². The van der Waals surface area contributed by atoms with Crippen LogP contribution in [-0.4, -0.2) is 43.1 Å². The minimum Gasteiger partial charge on any atom is -0.478 e. The number of carboxylic acid groups (broad SMARTS) is 1. The fourth-order valence-corrected chi connectivity index (χ4v) is 2.91. The summed E-state index contributed by atoms with van der Waals surface area (Å²) in [5.41, 5.74) is 2.42. The number of pyridine rings is 1. The van der Waals surface area contributed by atoms with Gasteiger partial charge in [0.1, 0.15) is 11.5 Å². The zero-order valence-electron chi connectivity index (χ0n) is 15.9. The predicted molar refractivity (Wildman–Crippen MR) is 104 cm³/mol. The lowest BCUT2D eigenvalue weighted by atomic mass is 10.2. The third-order valence-electron chi connectivity index (χ3n) is 4.58. The van der Waals surface area contributed by atoms with Gasteiger partial charge in [0.2, 0.25) is 0 Å². The molecular formula is C21H23FN4O2. The van der Waals surface area contributed by atoms with E-state index < -0.39 is 5.97 Å². The molecule has 146 valence electrons. The molecule has 0 aliphatic carbocycles. The first kappa shape index (κ1) is 19.7. The molecule has 0 aliphatic rings. The van der Waals surface area contributed by atoms with Crippen molar-refractivity contribution in [1.29, 1.82) is 0 Å². The van der Waals surface area contributed by atoms with Crippen molar-refractivity contribution >= 4 is 5.97 Å². The van der Waals surface area contributed by atoms with Gasteiger partial charge in [0.05, 0.1) is 17.6 Å². The lowest BCUT2D eigenvalue weighted by molar-refractivity contribution is 0.0697. The number of aromatic nitrogens is 3. The average molecular weight is 382 g/mol. The van der Waals surface area contributed by atoms with E-state index in [2.05, 4.69) is 28.7 Å². The number of hydrogen-bond donors (Lipinski definition) is 1. The molecule has 1 N–H and O–H groups in total. The number of nitrogens with zero attached hydrogens (tertiary/aromatic N) is 4. The molecular weight excluding hydrogens is 359 g/mol. The molecule has 0 amide bonds. The standard InChI is InChI=1S/C21H23FN4O2/c1-15(2)26(12-16-3-5-18(22)6-4-16)10-9-25-13-20(24-14-25)19-11-17(21(27)28)7-8-23-19/h3-8,11,13-15H,9-10,12H2,1-2H3,(H,27,28). The summed E-state index contributed by atoms with van der Waals surface area (Å²) in [7, 11) is 0. The first-order valence-electron chi connectivity index (χ1n) is 9.12. The SMILES string of the molecule is CC(C)N(CCn1cnc(-c2cc(C(=O)O)ccn2)c1)Cc1ccc(F)cc1. The van der Waals surface area contributed by atoms with Gasteiger partial charge in [-0.25, -0.2) is 14.2 Å². The topological polar surface area (TPSA) is 71.2 Å². The van der Waals surface area contributed by atoms with Crippen molar-refractivity contribution in [3.05, 3.63) is 72.1 Å².